The Balaban J connectivity index is 2.24. The van der Waals surface area contributed by atoms with E-state index in [0.29, 0.717) is 6.54 Å². The molecule has 0 unspecified atom stereocenters. The molecule has 0 atom stereocenters. The van der Waals surface area contributed by atoms with Crippen LogP contribution in [0, 0.1) is 13.8 Å². The second-order valence-electron chi connectivity index (χ2n) is 6.61. The van der Waals surface area contributed by atoms with Crippen LogP contribution in [-0.2, 0) is 4.79 Å². The Morgan fingerprint density at radius 3 is 2.40 bits per heavy atom. The van der Waals surface area contributed by atoms with Gasteiger partial charge in [0.15, 0.2) is 0 Å². The second kappa shape index (κ2) is 7.09. The summed E-state index contributed by atoms with van der Waals surface area (Å²) in [5.41, 5.74) is 5.10. The van der Waals surface area contributed by atoms with Gasteiger partial charge in [0.05, 0.1) is 0 Å². The van der Waals surface area contributed by atoms with Gasteiger partial charge in [-0.2, -0.15) is 0 Å². The van der Waals surface area contributed by atoms with E-state index in [0.717, 1.165) is 41.1 Å². The van der Waals surface area contributed by atoms with Crippen molar-refractivity contribution in [3.63, 3.8) is 0 Å². The van der Waals surface area contributed by atoms with Crippen molar-refractivity contribution < 1.29 is 4.79 Å². The predicted molar refractivity (Wildman–Crippen MR) is 103 cm³/mol. The minimum absolute atomic E-state index is 0.0464. The molecule has 0 radical (unpaired) electrons. The van der Waals surface area contributed by atoms with Gasteiger partial charge in [-0.05, 0) is 31.9 Å². The summed E-state index contributed by atoms with van der Waals surface area (Å²) in [5.74, 6) is 0.911. The van der Waals surface area contributed by atoms with Gasteiger partial charge >= 0.3 is 0 Å². The molecule has 0 saturated carbocycles. The molecule has 3 aromatic rings. The van der Waals surface area contributed by atoms with E-state index in [-0.39, 0.29) is 5.91 Å². The van der Waals surface area contributed by atoms with Crippen molar-refractivity contribution in [2.45, 2.75) is 40.5 Å². The van der Waals surface area contributed by atoms with Gasteiger partial charge < -0.3 is 0 Å². The molecule has 0 spiro atoms. The normalized spacial score (nSPS) is 11.0. The standard InChI is InChI=1S/C21H25N3O/c1-5-6-13-23(17(4)25)21-20(18-10-7-15(2)8-11-18)22-19-12-9-16(3)14-24(19)21/h7-12,14H,5-6,13H2,1-4H3. The minimum Gasteiger partial charge on any atom is -0.296 e. The highest BCUT2D eigenvalue weighted by molar-refractivity contribution is 5.95. The molecule has 0 saturated heterocycles. The topological polar surface area (TPSA) is 37.6 Å². The molecule has 0 aliphatic rings. The zero-order valence-electron chi connectivity index (χ0n) is 15.4. The zero-order valence-corrected chi connectivity index (χ0v) is 15.4. The molecule has 2 aromatic heterocycles. The number of aryl methyl sites for hydroxylation is 2. The third-order valence-corrected chi connectivity index (χ3v) is 4.44. The number of aromatic nitrogens is 2. The summed E-state index contributed by atoms with van der Waals surface area (Å²) in [5, 5.41) is 0. The molecule has 1 amide bonds. The number of hydrogen-bond donors (Lipinski definition) is 0. The van der Waals surface area contributed by atoms with Crippen molar-refractivity contribution in [1.82, 2.24) is 9.38 Å². The second-order valence-corrected chi connectivity index (χ2v) is 6.61. The molecule has 25 heavy (non-hydrogen) atoms. The molecular weight excluding hydrogens is 310 g/mol. The first-order valence-electron chi connectivity index (χ1n) is 8.85. The van der Waals surface area contributed by atoms with E-state index >= 15 is 0 Å². The Labute approximate surface area is 149 Å². The molecule has 0 N–H and O–H groups in total. The number of hydrogen-bond acceptors (Lipinski definition) is 2. The maximum atomic E-state index is 12.4. The lowest BCUT2D eigenvalue weighted by Crippen LogP contribution is -2.31. The average molecular weight is 335 g/mol. The van der Waals surface area contributed by atoms with E-state index in [1.54, 1.807) is 6.92 Å². The summed E-state index contributed by atoms with van der Waals surface area (Å²) < 4.78 is 2.04. The van der Waals surface area contributed by atoms with Crippen LogP contribution in [0.3, 0.4) is 0 Å². The van der Waals surface area contributed by atoms with Gasteiger partial charge in [0.2, 0.25) is 5.91 Å². The molecule has 1 aromatic carbocycles. The van der Waals surface area contributed by atoms with Crippen molar-refractivity contribution >= 4 is 17.4 Å². The predicted octanol–water partition coefficient (Wildman–Crippen LogP) is 4.77. The first kappa shape index (κ1) is 17.2. The summed E-state index contributed by atoms with van der Waals surface area (Å²) >= 11 is 0. The lowest BCUT2D eigenvalue weighted by molar-refractivity contribution is -0.116. The van der Waals surface area contributed by atoms with E-state index in [9.17, 15) is 4.79 Å². The molecular formula is C21H25N3O. The average Bonchev–Trinajstić information content (AvgIpc) is 2.94. The molecule has 130 valence electrons. The van der Waals surface area contributed by atoms with E-state index in [4.69, 9.17) is 4.98 Å². The van der Waals surface area contributed by atoms with Gasteiger partial charge in [-0.3, -0.25) is 14.1 Å². The van der Waals surface area contributed by atoms with Crippen molar-refractivity contribution in [3.8, 4) is 11.3 Å². The number of carbonyl (C=O) groups excluding carboxylic acids is 1. The van der Waals surface area contributed by atoms with Crippen molar-refractivity contribution in [2.75, 3.05) is 11.4 Å². The number of amides is 1. The van der Waals surface area contributed by atoms with Gasteiger partial charge in [-0.15, -0.1) is 0 Å². The lowest BCUT2D eigenvalue weighted by Gasteiger charge is -2.22. The highest BCUT2D eigenvalue weighted by Crippen LogP contribution is 2.32. The molecule has 0 bridgehead atoms. The van der Waals surface area contributed by atoms with Gasteiger partial charge in [0.25, 0.3) is 0 Å². The Morgan fingerprint density at radius 2 is 1.76 bits per heavy atom. The molecule has 3 rings (SSSR count). The van der Waals surface area contributed by atoms with Crippen LogP contribution in [0.5, 0.6) is 0 Å². The van der Waals surface area contributed by atoms with E-state index in [2.05, 4.69) is 57.3 Å². The number of rotatable bonds is 5. The number of nitrogens with zero attached hydrogens (tertiary/aromatic N) is 3. The van der Waals surface area contributed by atoms with Crippen LogP contribution < -0.4 is 4.90 Å². The first-order valence-corrected chi connectivity index (χ1v) is 8.85. The smallest absolute Gasteiger partial charge is 0.225 e. The summed E-state index contributed by atoms with van der Waals surface area (Å²) in [6.45, 7) is 8.59. The summed E-state index contributed by atoms with van der Waals surface area (Å²) in [4.78, 5) is 19.1. The quantitative estimate of drug-likeness (QED) is 0.673. The summed E-state index contributed by atoms with van der Waals surface area (Å²) in [6, 6.07) is 12.4. The third kappa shape index (κ3) is 3.43. The largest absolute Gasteiger partial charge is 0.296 e. The van der Waals surface area contributed by atoms with Crippen LogP contribution in [-0.4, -0.2) is 21.8 Å². The molecule has 4 heteroatoms. The summed E-state index contributed by atoms with van der Waals surface area (Å²) in [6.07, 6.45) is 4.06. The van der Waals surface area contributed by atoms with Crippen LogP contribution in [0.25, 0.3) is 16.9 Å². The highest BCUT2D eigenvalue weighted by atomic mass is 16.2. The number of carbonyl (C=O) groups is 1. The van der Waals surface area contributed by atoms with Crippen molar-refractivity contribution in [1.29, 1.82) is 0 Å². The molecule has 0 fully saturated rings. The SMILES string of the molecule is CCCCN(C(C)=O)c1c(-c2ccc(C)cc2)nc2ccc(C)cn12. The molecule has 0 aliphatic carbocycles. The van der Waals surface area contributed by atoms with Crippen molar-refractivity contribution in [2.24, 2.45) is 0 Å². The number of unbranched alkanes of at least 4 members (excludes halogenated alkanes) is 1. The lowest BCUT2D eigenvalue weighted by atomic mass is 10.1. The van der Waals surface area contributed by atoms with Gasteiger partial charge in [0.1, 0.15) is 17.2 Å². The highest BCUT2D eigenvalue weighted by Gasteiger charge is 2.22. The van der Waals surface area contributed by atoms with Gasteiger partial charge in [-0.25, -0.2) is 4.98 Å². The van der Waals surface area contributed by atoms with Gasteiger partial charge in [-0.1, -0.05) is 49.2 Å². The zero-order chi connectivity index (χ0) is 18.0. The van der Waals surface area contributed by atoms with Crippen LogP contribution in [0.4, 0.5) is 5.82 Å². The molecule has 2 heterocycles. The van der Waals surface area contributed by atoms with E-state index in [1.165, 1.54) is 5.56 Å². The van der Waals surface area contributed by atoms with Crippen LogP contribution in [0.15, 0.2) is 42.6 Å². The Bertz CT molecular complexity index is 893. The van der Waals surface area contributed by atoms with Crippen LogP contribution in [0.1, 0.15) is 37.8 Å². The number of anilines is 1. The maximum absolute atomic E-state index is 12.4. The number of fused-ring (bicyclic) bond motifs is 1. The number of pyridine rings is 1. The van der Waals surface area contributed by atoms with Crippen molar-refractivity contribution in [3.05, 3.63) is 53.7 Å². The van der Waals surface area contributed by atoms with E-state index in [1.807, 2.05) is 15.4 Å². The third-order valence-electron chi connectivity index (χ3n) is 4.44. The molecule has 0 aliphatic heterocycles. The van der Waals surface area contributed by atoms with Crippen LogP contribution in [0.2, 0.25) is 0 Å². The fraction of sp³-hybridized carbons (Fsp3) is 0.333. The maximum Gasteiger partial charge on any atom is 0.225 e. The van der Waals surface area contributed by atoms with E-state index < -0.39 is 0 Å². The fourth-order valence-corrected chi connectivity index (χ4v) is 3.03. The Morgan fingerprint density at radius 1 is 1.08 bits per heavy atom. The van der Waals surface area contributed by atoms with Crippen LogP contribution >= 0.6 is 0 Å². The Hall–Kier alpha value is -2.62. The minimum atomic E-state index is 0.0464. The Kier molecular flexibility index (Phi) is 4.88. The summed E-state index contributed by atoms with van der Waals surface area (Å²) in [7, 11) is 0. The van der Waals surface area contributed by atoms with Gasteiger partial charge in [0, 0.05) is 25.2 Å². The fourth-order valence-electron chi connectivity index (χ4n) is 3.03. The first-order chi connectivity index (χ1) is 12.0. The monoisotopic (exact) mass is 335 g/mol. The number of benzene rings is 1. The number of imidazole rings is 1. The molecule has 4 nitrogen and oxygen atoms in total.